The highest BCUT2D eigenvalue weighted by molar-refractivity contribution is 5.75. The summed E-state index contributed by atoms with van der Waals surface area (Å²) in [4.78, 5) is 17.4. The number of amides is 2. The van der Waals surface area contributed by atoms with Crippen LogP contribution < -0.4 is 10.6 Å². The van der Waals surface area contributed by atoms with Crippen LogP contribution >= 0.6 is 0 Å². The molecule has 150 valence electrons. The second-order valence-electron chi connectivity index (χ2n) is 8.33. The van der Waals surface area contributed by atoms with Gasteiger partial charge in [0.2, 0.25) is 0 Å². The summed E-state index contributed by atoms with van der Waals surface area (Å²) in [6, 6.07) is 6.67. The highest BCUT2D eigenvalue weighted by atomic mass is 16.2. The predicted molar refractivity (Wildman–Crippen MR) is 109 cm³/mol. The number of hydrogen-bond acceptors (Lipinski definition) is 3. The number of urea groups is 1. The molecule has 2 atom stereocenters. The van der Waals surface area contributed by atoms with Crippen molar-refractivity contribution in [2.45, 2.75) is 83.8 Å². The van der Waals surface area contributed by atoms with Crippen LogP contribution in [0.15, 0.2) is 18.2 Å². The number of nitrogens with zero attached hydrogens (tertiary/aromatic N) is 3. The van der Waals surface area contributed by atoms with Crippen LogP contribution in [0.2, 0.25) is 0 Å². The molecule has 2 aromatic rings. The average molecular weight is 382 g/mol. The van der Waals surface area contributed by atoms with E-state index in [1.807, 2.05) is 4.68 Å². The molecule has 2 amide bonds. The summed E-state index contributed by atoms with van der Waals surface area (Å²) in [5.74, 6) is 2.24. The Kier molecular flexibility index (Phi) is 5.38. The van der Waals surface area contributed by atoms with Crippen molar-refractivity contribution in [2.24, 2.45) is 0 Å². The number of fused-ring (bicyclic) bond motifs is 2. The minimum atomic E-state index is -0.104. The van der Waals surface area contributed by atoms with E-state index in [0.717, 1.165) is 56.7 Å². The molecular formula is C22H31N5O. The van der Waals surface area contributed by atoms with Crippen LogP contribution in [0.3, 0.4) is 0 Å². The van der Waals surface area contributed by atoms with Crippen molar-refractivity contribution in [3.8, 4) is 0 Å². The van der Waals surface area contributed by atoms with Crippen LogP contribution in [-0.4, -0.2) is 20.8 Å². The van der Waals surface area contributed by atoms with E-state index < -0.39 is 0 Å². The third-order valence-corrected chi connectivity index (χ3v) is 6.00. The van der Waals surface area contributed by atoms with Gasteiger partial charge in [-0.3, -0.25) is 0 Å². The Morgan fingerprint density at radius 2 is 2.00 bits per heavy atom. The number of carbonyl (C=O) groups is 1. The number of carbonyl (C=O) groups excluding carboxylic acids is 1. The molecule has 0 unspecified atom stereocenters. The van der Waals surface area contributed by atoms with E-state index in [4.69, 9.17) is 0 Å². The molecule has 1 aliphatic heterocycles. The van der Waals surface area contributed by atoms with Gasteiger partial charge in [0.15, 0.2) is 5.82 Å². The largest absolute Gasteiger partial charge is 0.331 e. The Balaban J connectivity index is 1.47. The van der Waals surface area contributed by atoms with E-state index >= 15 is 0 Å². The molecule has 0 bridgehead atoms. The summed E-state index contributed by atoms with van der Waals surface area (Å²) in [5, 5.41) is 10.9. The Bertz CT molecular complexity index is 857. The highest BCUT2D eigenvalue weighted by Crippen LogP contribution is 2.32. The number of aromatic nitrogens is 3. The summed E-state index contributed by atoms with van der Waals surface area (Å²) in [7, 11) is 0. The van der Waals surface area contributed by atoms with E-state index in [-0.39, 0.29) is 18.1 Å². The first-order chi connectivity index (χ1) is 13.5. The molecule has 2 aliphatic rings. The molecule has 1 aliphatic carbocycles. The van der Waals surface area contributed by atoms with Gasteiger partial charge in [-0.25, -0.2) is 14.5 Å². The zero-order valence-electron chi connectivity index (χ0n) is 17.2. The van der Waals surface area contributed by atoms with Crippen LogP contribution in [0.25, 0.3) is 0 Å². The van der Waals surface area contributed by atoms with Crippen molar-refractivity contribution in [3.05, 3.63) is 46.5 Å². The molecule has 0 saturated heterocycles. The number of hydrogen-bond donors (Lipinski definition) is 2. The predicted octanol–water partition coefficient (Wildman–Crippen LogP) is 4.18. The van der Waals surface area contributed by atoms with Crippen LogP contribution in [-0.2, 0) is 19.4 Å². The summed E-state index contributed by atoms with van der Waals surface area (Å²) in [6.45, 7) is 7.37. The molecule has 0 spiro atoms. The number of aryl methyl sites for hydroxylation is 3. The van der Waals surface area contributed by atoms with Crippen molar-refractivity contribution in [1.29, 1.82) is 0 Å². The van der Waals surface area contributed by atoms with E-state index in [9.17, 15) is 4.79 Å². The lowest BCUT2D eigenvalue weighted by molar-refractivity contribution is 0.227. The minimum absolute atomic E-state index is 0.0633. The Morgan fingerprint density at radius 1 is 1.21 bits per heavy atom. The molecule has 28 heavy (non-hydrogen) atoms. The van der Waals surface area contributed by atoms with Gasteiger partial charge in [-0.05, 0) is 54.7 Å². The van der Waals surface area contributed by atoms with Crippen molar-refractivity contribution in [2.75, 3.05) is 0 Å². The molecule has 2 heterocycles. The van der Waals surface area contributed by atoms with Crippen molar-refractivity contribution in [1.82, 2.24) is 25.4 Å². The summed E-state index contributed by atoms with van der Waals surface area (Å²) in [6.07, 6.45) is 5.93. The normalized spacial score (nSPS) is 21.1. The fourth-order valence-electron chi connectivity index (χ4n) is 4.37. The Labute approximate surface area is 167 Å². The molecule has 1 aromatic heterocycles. The summed E-state index contributed by atoms with van der Waals surface area (Å²) < 4.78 is 1.96. The minimum Gasteiger partial charge on any atom is -0.331 e. The van der Waals surface area contributed by atoms with Gasteiger partial charge in [0.05, 0.1) is 12.1 Å². The van der Waals surface area contributed by atoms with Gasteiger partial charge < -0.3 is 10.6 Å². The third-order valence-electron chi connectivity index (χ3n) is 6.00. The Hall–Kier alpha value is -2.37. The van der Waals surface area contributed by atoms with Gasteiger partial charge >= 0.3 is 6.03 Å². The van der Waals surface area contributed by atoms with Crippen LogP contribution in [0.1, 0.15) is 92.8 Å². The van der Waals surface area contributed by atoms with Crippen molar-refractivity contribution < 1.29 is 4.79 Å². The monoisotopic (exact) mass is 381 g/mol. The molecule has 1 aromatic carbocycles. The smallest absolute Gasteiger partial charge is 0.315 e. The van der Waals surface area contributed by atoms with Crippen molar-refractivity contribution in [3.63, 3.8) is 0 Å². The molecule has 0 fully saturated rings. The lowest BCUT2D eigenvalue weighted by Crippen LogP contribution is -2.42. The van der Waals surface area contributed by atoms with E-state index in [2.05, 4.69) is 59.7 Å². The maximum absolute atomic E-state index is 12.8. The zero-order valence-corrected chi connectivity index (χ0v) is 17.2. The molecule has 6 heteroatoms. The third kappa shape index (κ3) is 3.77. The lowest BCUT2D eigenvalue weighted by Gasteiger charge is -2.29. The number of rotatable bonds is 4. The van der Waals surface area contributed by atoms with Crippen LogP contribution in [0, 0.1) is 0 Å². The quantitative estimate of drug-likeness (QED) is 0.835. The standard InChI is InChI=1S/C22H31N5O/c1-4-20-25-21-19(9-6-12-27(21)26-20)24-22(28)23-18-8-5-7-15-10-11-16(14(2)3)13-17(15)18/h10-11,13-14,18-19H,4-9,12H2,1-3H3,(H2,23,24,28)/t18-,19-/m1/s1. The van der Waals surface area contributed by atoms with Crippen LogP contribution in [0.5, 0.6) is 0 Å². The maximum atomic E-state index is 12.8. The molecule has 4 rings (SSSR count). The zero-order chi connectivity index (χ0) is 19.7. The van der Waals surface area contributed by atoms with Gasteiger partial charge in [0.1, 0.15) is 5.82 Å². The fraction of sp³-hybridized carbons (Fsp3) is 0.591. The van der Waals surface area contributed by atoms with Gasteiger partial charge in [-0.1, -0.05) is 39.0 Å². The number of benzene rings is 1. The summed E-state index contributed by atoms with van der Waals surface area (Å²) >= 11 is 0. The molecule has 2 N–H and O–H groups in total. The maximum Gasteiger partial charge on any atom is 0.315 e. The second kappa shape index (κ2) is 7.94. The van der Waals surface area contributed by atoms with Crippen molar-refractivity contribution >= 4 is 6.03 Å². The Morgan fingerprint density at radius 3 is 2.79 bits per heavy atom. The molecule has 0 radical (unpaired) electrons. The molecule has 6 nitrogen and oxygen atoms in total. The first-order valence-electron chi connectivity index (χ1n) is 10.7. The fourth-order valence-corrected chi connectivity index (χ4v) is 4.37. The first-order valence-corrected chi connectivity index (χ1v) is 10.7. The highest BCUT2D eigenvalue weighted by Gasteiger charge is 2.27. The van der Waals surface area contributed by atoms with E-state index in [1.54, 1.807) is 0 Å². The molecular weight excluding hydrogens is 350 g/mol. The average Bonchev–Trinajstić information content (AvgIpc) is 3.12. The van der Waals surface area contributed by atoms with Gasteiger partial charge in [0, 0.05) is 13.0 Å². The van der Waals surface area contributed by atoms with Gasteiger partial charge in [-0.2, -0.15) is 5.10 Å². The van der Waals surface area contributed by atoms with E-state index in [1.165, 1.54) is 16.7 Å². The van der Waals surface area contributed by atoms with Gasteiger partial charge in [-0.15, -0.1) is 0 Å². The SMILES string of the molecule is CCc1nc2n(n1)CCC[C@H]2NC(=O)N[C@@H]1CCCc2ccc(C(C)C)cc21. The lowest BCUT2D eigenvalue weighted by atomic mass is 9.85. The van der Waals surface area contributed by atoms with Crippen LogP contribution in [0.4, 0.5) is 4.79 Å². The first kappa shape index (κ1) is 19.0. The summed E-state index contributed by atoms with van der Waals surface area (Å²) in [5.41, 5.74) is 3.99. The second-order valence-corrected chi connectivity index (χ2v) is 8.33. The topological polar surface area (TPSA) is 71.8 Å². The van der Waals surface area contributed by atoms with E-state index in [0.29, 0.717) is 5.92 Å². The van der Waals surface area contributed by atoms with Gasteiger partial charge in [0.25, 0.3) is 0 Å². The number of nitrogens with one attached hydrogen (secondary N) is 2. The molecule has 0 saturated carbocycles.